The van der Waals surface area contributed by atoms with Crippen molar-refractivity contribution >= 4 is 11.8 Å². The number of aromatic nitrogens is 1. The molecule has 70 valence electrons. The molecule has 1 heterocycles. The normalized spacial score (nSPS) is 10.0. The number of rotatable bonds is 2. The van der Waals surface area contributed by atoms with E-state index in [1.807, 2.05) is 36.4 Å². The van der Waals surface area contributed by atoms with Gasteiger partial charge in [-0.15, -0.1) is 0 Å². The van der Waals surface area contributed by atoms with Gasteiger partial charge in [-0.05, 0) is 18.2 Å². The SMILES string of the molecule is O=c1ccc(Sc2ccccc2)c[nH]1. The summed E-state index contributed by atoms with van der Waals surface area (Å²) in [5.74, 6) is 0. The van der Waals surface area contributed by atoms with Crippen molar-refractivity contribution in [3.63, 3.8) is 0 Å². The van der Waals surface area contributed by atoms with Gasteiger partial charge in [-0.3, -0.25) is 4.79 Å². The molecule has 1 N–H and O–H groups in total. The predicted molar refractivity (Wildman–Crippen MR) is 57.6 cm³/mol. The van der Waals surface area contributed by atoms with Crippen molar-refractivity contribution in [2.45, 2.75) is 9.79 Å². The van der Waals surface area contributed by atoms with Crippen LogP contribution in [0.5, 0.6) is 0 Å². The van der Waals surface area contributed by atoms with E-state index in [4.69, 9.17) is 0 Å². The molecule has 0 spiro atoms. The largest absolute Gasteiger partial charge is 0.328 e. The fourth-order valence-electron chi connectivity index (χ4n) is 1.08. The summed E-state index contributed by atoms with van der Waals surface area (Å²) in [5.41, 5.74) is -0.0672. The Hall–Kier alpha value is -1.48. The molecule has 0 aliphatic rings. The van der Waals surface area contributed by atoms with Crippen molar-refractivity contribution < 1.29 is 0 Å². The summed E-state index contributed by atoms with van der Waals surface area (Å²) < 4.78 is 0. The minimum Gasteiger partial charge on any atom is -0.328 e. The second-order valence-electron chi connectivity index (χ2n) is 2.80. The summed E-state index contributed by atoms with van der Waals surface area (Å²) in [6.07, 6.45) is 1.72. The first-order valence-electron chi connectivity index (χ1n) is 4.26. The molecule has 0 bridgehead atoms. The zero-order valence-electron chi connectivity index (χ0n) is 7.44. The number of pyridine rings is 1. The predicted octanol–water partition coefficient (Wildman–Crippen LogP) is 2.53. The van der Waals surface area contributed by atoms with Crippen LogP contribution in [0.2, 0.25) is 0 Å². The minimum absolute atomic E-state index is 0.0672. The fraction of sp³-hybridized carbons (Fsp3) is 0. The lowest BCUT2D eigenvalue weighted by Gasteiger charge is -1.99. The second-order valence-corrected chi connectivity index (χ2v) is 3.95. The molecule has 2 nitrogen and oxygen atoms in total. The third-order valence-electron chi connectivity index (χ3n) is 1.73. The fourth-order valence-corrected chi connectivity index (χ4v) is 1.90. The highest BCUT2D eigenvalue weighted by Crippen LogP contribution is 2.25. The van der Waals surface area contributed by atoms with Crippen molar-refractivity contribution in [3.05, 3.63) is 59.0 Å². The van der Waals surface area contributed by atoms with Crippen LogP contribution in [0.15, 0.2) is 63.2 Å². The second kappa shape index (κ2) is 4.15. The molecule has 0 aliphatic heterocycles. The van der Waals surface area contributed by atoms with Crippen molar-refractivity contribution in [3.8, 4) is 0 Å². The van der Waals surface area contributed by atoms with E-state index in [1.54, 1.807) is 18.0 Å². The zero-order chi connectivity index (χ0) is 9.80. The summed E-state index contributed by atoms with van der Waals surface area (Å²) in [5, 5.41) is 0. The van der Waals surface area contributed by atoms with Gasteiger partial charge in [-0.1, -0.05) is 30.0 Å². The Labute approximate surface area is 86.0 Å². The Kier molecular flexibility index (Phi) is 2.70. The lowest BCUT2D eigenvalue weighted by Crippen LogP contribution is -2.00. The van der Waals surface area contributed by atoms with Gasteiger partial charge in [0.2, 0.25) is 5.56 Å². The summed E-state index contributed by atoms with van der Waals surface area (Å²) in [7, 11) is 0. The maximum absolute atomic E-state index is 10.8. The maximum atomic E-state index is 10.8. The molecule has 0 fully saturated rings. The standard InChI is InChI=1S/C11H9NOS/c13-11-7-6-10(8-12-11)14-9-4-2-1-3-5-9/h1-8H,(H,12,13). The van der Waals surface area contributed by atoms with Crippen LogP contribution in [-0.2, 0) is 0 Å². The van der Waals surface area contributed by atoms with Crippen LogP contribution in [-0.4, -0.2) is 4.98 Å². The number of benzene rings is 1. The van der Waals surface area contributed by atoms with Crippen molar-refractivity contribution in [2.75, 3.05) is 0 Å². The molecule has 0 radical (unpaired) electrons. The van der Waals surface area contributed by atoms with Gasteiger partial charge in [-0.2, -0.15) is 0 Å². The van der Waals surface area contributed by atoms with E-state index >= 15 is 0 Å². The first-order chi connectivity index (χ1) is 6.84. The summed E-state index contributed by atoms with van der Waals surface area (Å²) >= 11 is 1.63. The highest BCUT2D eigenvalue weighted by molar-refractivity contribution is 7.99. The van der Waals surface area contributed by atoms with Crippen molar-refractivity contribution in [2.24, 2.45) is 0 Å². The molecule has 1 aromatic heterocycles. The molecular weight excluding hydrogens is 194 g/mol. The smallest absolute Gasteiger partial charge is 0.247 e. The van der Waals surface area contributed by atoms with Crippen LogP contribution in [0.4, 0.5) is 0 Å². The van der Waals surface area contributed by atoms with E-state index in [1.165, 1.54) is 11.0 Å². The maximum Gasteiger partial charge on any atom is 0.247 e. The van der Waals surface area contributed by atoms with Gasteiger partial charge in [0, 0.05) is 22.1 Å². The molecule has 0 saturated heterocycles. The first kappa shape index (κ1) is 9.09. The van der Waals surface area contributed by atoms with Crippen LogP contribution in [0.3, 0.4) is 0 Å². The van der Waals surface area contributed by atoms with E-state index in [-0.39, 0.29) is 5.56 Å². The Morgan fingerprint density at radius 3 is 2.36 bits per heavy atom. The van der Waals surface area contributed by atoms with Crippen LogP contribution in [0.1, 0.15) is 0 Å². The molecule has 0 aliphatic carbocycles. The molecule has 2 aromatic rings. The number of aromatic amines is 1. The van der Waals surface area contributed by atoms with Gasteiger partial charge in [0.1, 0.15) is 0 Å². The average molecular weight is 203 g/mol. The lowest BCUT2D eigenvalue weighted by atomic mass is 10.4. The minimum atomic E-state index is -0.0672. The van der Waals surface area contributed by atoms with E-state index in [2.05, 4.69) is 4.98 Å². The number of nitrogens with one attached hydrogen (secondary N) is 1. The van der Waals surface area contributed by atoms with E-state index in [9.17, 15) is 4.79 Å². The van der Waals surface area contributed by atoms with Gasteiger partial charge < -0.3 is 4.98 Å². The zero-order valence-corrected chi connectivity index (χ0v) is 8.25. The Balaban J connectivity index is 2.19. The third-order valence-corrected chi connectivity index (χ3v) is 2.73. The molecule has 1 aromatic carbocycles. The number of hydrogen-bond acceptors (Lipinski definition) is 2. The van der Waals surface area contributed by atoms with E-state index < -0.39 is 0 Å². The van der Waals surface area contributed by atoms with Crippen molar-refractivity contribution in [1.82, 2.24) is 4.98 Å². The van der Waals surface area contributed by atoms with Crippen LogP contribution < -0.4 is 5.56 Å². The average Bonchev–Trinajstić information content (AvgIpc) is 2.23. The summed E-state index contributed by atoms with van der Waals surface area (Å²) in [4.78, 5) is 15.7. The monoisotopic (exact) mass is 203 g/mol. The van der Waals surface area contributed by atoms with Crippen LogP contribution >= 0.6 is 11.8 Å². The Morgan fingerprint density at radius 1 is 0.929 bits per heavy atom. The Morgan fingerprint density at radius 2 is 1.71 bits per heavy atom. The van der Waals surface area contributed by atoms with Gasteiger partial charge in [0.25, 0.3) is 0 Å². The molecule has 0 atom stereocenters. The van der Waals surface area contributed by atoms with Gasteiger partial charge in [-0.25, -0.2) is 0 Å². The van der Waals surface area contributed by atoms with Gasteiger partial charge in [0.15, 0.2) is 0 Å². The Bertz CT molecular complexity index is 444. The molecule has 0 amide bonds. The van der Waals surface area contributed by atoms with Crippen LogP contribution in [0.25, 0.3) is 0 Å². The van der Waals surface area contributed by atoms with Gasteiger partial charge >= 0.3 is 0 Å². The molecular formula is C11H9NOS. The first-order valence-corrected chi connectivity index (χ1v) is 5.08. The molecule has 14 heavy (non-hydrogen) atoms. The van der Waals surface area contributed by atoms with Gasteiger partial charge in [0.05, 0.1) is 0 Å². The quantitative estimate of drug-likeness (QED) is 0.813. The van der Waals surface area contributed by atoms with Crippen molar-refractivity contribution in [1.29, 1.82) is 0 Å². The molecule has 3 heteroatoms. The molecule has 0 unspecified atom stereocenters. The third kappa shape index (κ3) is 2.26. The summed E-state index contributed by atoms with van der Waals surface area (Å²) in [6, 6.07) is 13.4. The molecule has 2 rings (SSSR count). The van der Waals surface area contributed by atoms with E-state index in [0.717, 1.165) is 4.90 Å². The topological polar surface area (TPSA) is 32.9 Å². The number of H-pyrrole nitrogens is 1. The summed E-state index contributed by atoms with van der Waals surface area (Å²) in [6.45, 7) is 0. The van der Waals surface area contributed by atoms with E-state index in [0.29, 0.717) is 0 Å². The lowest BCUT2D eigenvalue weighted by molar-refractivity contribution is 1.17. The van der Waals surface area contributed by atoms with Crippen LogP contribution in [0, 0.1) is 0 Å². The highest BCUT2D eigenvalue weighted by atomic mass is 32.2. The number of hydrogen-bond donors (Lipinski definition) is 1. The molecule has 0 saturated carbocycles. The highest BCUT2D eigenvalue weighted by Gasteiger charge is 1.95.